The average molecular weight is 188 g/mol. The van der Waals surface area contributed by atoms with E-state index in [1.54, 1.807) is 0 Å². The van der Waals surface area contributed by atoms with Gasteiger partial charge in [-0.05, 0) is 26.7 Å². The fourth-order valence-electron chi connectivity index (χ4n) is 0.954. The van der Waals surface area contributed by atoms with Crippen molar-refractivity contribution in [3.05, 3.63) is 0 Å². The van der Waals surface area contributed by atoms with Crippen molar-refractivity contribution >= 4 is 5.91 Å². The van der Waals surface area contributed by atoms with E-state index in [0.29, 0.717) is 12.8 Å². The van der Waals surface area contributed by atoms with E-state index in [1.165, 1.54) is 0 Å². The minimum absolute atomic E-state index is 0.0641. The van der Waals surface area contributed by atoms with Gasteiger partial charge in [0.05, 0.1) is 6.04 Å². The summed E-state index contributed by atoms with van der Waals surface area (Å²) in [5, 5.41) is 11.5. The number of rotatable bonds is 5. The molecular weight excluding hydrogens is 168 g/mol. The minimum atomic E-state index is -0.446. The van der Waals surface area contributed by atoms with Gasteiger partial charge >= 0.3 is 0 Å². The molecule has 0 aliphatic rings. The first kappa shape index (κ1) is 12.4. The van der Waals surface area contributed by atoms with Crippen molar-refractivity contribution in [2.45, 2.75) is 45.2 Å². The summed E-state index contributed by atoms with van der Waals surface area (Å²) in [6, 6.07) is -0.446. The Bertz CT molecular complexity index is 169. The van der Waals surface area contributed by atoms with E-state index < -0.39 is 6.04 Å². The van der Waals surface area contributed by atoms with Gasteiger partial charge in [0.15, 0.2) is 0 Å². The molecule has 1 amide bonds. The zero-order valence-corrected chi connectivity index (χ0v) is 8.63. The van der Waals surface area contributed by atoms with Crippen molar-refractivity contribution in [2.24, 2.45) is 5.73 Å². The Morgan fingerprint density at radius 1 is 1.62 bits per heavy atom. The Balaban J connectivity index is 4.03. The molecule has 0 aromatic heterocycles. The lowest BCUT2D eigenvalue weighted by Gasteiger charge is -2.26. The van der Waals surface area contributed by atoms with Gasteiger partial charge in [-0.15, -0.1) is 0 Å². The van der Waals surface area contributed by atoms with Gasteiger partial charge in [-0.25, -0.2) is 0 Å². The van der Waals surface area contributed by atoms with Crippen molar-refractivity contribution in [1.29, 1.82) is 0 Å². The van der Waals surface area contributed by atoms with Gasteiger partial charge in [-0.2, -0.15) is 0 Å². The fourth-order valence-corrected chi connectivity index (χ4v) is 0.954. The van der Waals surface area contributed by atoms with E-state index in [-0.39, 0.29) is 18.1 Å². The van der Waals surface area contributed by atoms with Gasteiger partial charge in [-0.3, -0.25) is 4.79 Å². The van der Waals surface area contributed by atoms with Crippen LogP contribution < -0.4 is 11.1 Å². The summed E-state index contributed by atoms with van der Waals surface area (Å²) < 4.78 is 0. The Labute approximate surface area is 79.5 Å². The summed E-state index contributed by atoms with van der Waals surface area (Å²) in [6.07, 6.45) is 1.16. The highest BCUT2D eigenvalue weighted by molar-refractivity contribution is 5.82. The maximum atomic E-state index is 11.3. The average Bonchev–Trinajstić information content (AvgIpc) is 2.01. The highest BCUT2D eigenvalue weighted by Gasteiger charge is 2.22. The number of aliphatic hydroxyl groups is 1. The van der Waals surface area contributed by atoms with Crippen LogP contribution in [0.3, 0.4) is 0 Å². The maximum absolute atomic E-state index is 11.3. The van der Waals surface area contributed by atoms with Crippen LogP contribution in [0.4, 0.5) is 0 Å². The van der Waals surface area contributed by atoms with Crippen LogP contribution in [-0.2, 0) is 4.79 Å². The summed E-state index contributed by atoms with van der Waals surface area (Å²) in [4.78, 5) is 11.3. The topological polar surface area (TPSA) is 75.4 Å². The second-order valence-electron chi connectivity index (χ2n) is 3.86. The second-order valence-corrected chi connectivity index (χ2v) is 3.86. The van der Waals surface area contributed by atoms with E-state index in [0.717, 1.165) is 0 Å². The predicted octanol–water partition coefficient (Wildman–Crippen LogP) is 0.000900. The molecule has 0 fully saturated rings. The van der Waals surface area contributed by atoms with Crippen LogP contribution in [0.1, 0.15) is 33.6 Å². The van der Waals surface area contributed by atoms with Crippen LogP contribution in [0.25, 0.3) is 0 Å². The van der Waals surface area contributed by atoms with Crippen molar-refractivity contribution in [2.75, 3.05) is 6.61 Å². The lowest BCUT2D eigenvalue weighted by atomic mass is 10.0. The largest absolute Gasteiger partial charge is 0.396 e. The number of nitrogens with two attached hydrogens (primary N) is 1. The lowest BCUT2D eigenvalue weighted by molar-refractivity contribution is -0.124. The van der Waals surface area contributed by atoms with Crippen LogP contribution in [0.15, 0.2) is 0 Å². The van der Waals surface area contributed by atoms with Gasteiger partial charge < -0.3 is 16.2 Å². The highest BCUT2D eigenvalue weighted by atomic mass is 16.3. The summed E-state index contributed by atoms with van der Waals surface area (Å²) >= 11 is 0. The third-order valence-electron chi connectivity index (χ3n) is 1.97. The molecule has 1 unspecified atom stereocenters. The summed E-state index contributed by atoms with van der Waals surface area (Å²) in [7, 11) is 0. The highest BCUT2D eigenvalue weighted by Crippen LogP contribution is 2.07. The molecule has 0 aromatic rings. The number of hydrogen-bond acceptors (Lipinski definition) is 3. The van der Waals surface area contributed by atoms with Gasteiger partial charge in [0.1, 0.15) is 0 Å². The van der Waals surface area contributed by atoms with Gasteiger partial charge in [-0.1, -0.05) is 6.92 Å². The normalized spacial score (nSPS) is 13.9. The van der Waals surface area contributed by atoms with Gasteiger partial charge in [0.25, 0.3) is 0 Å². The molecule has 0 aliphatic heterocycles. The number of amides is 1. The number of carbonyl (C=O) groups is 1. The number of nitrogens with one attached hydrogen (secondary N) is 1. The Morgan fingerprint density at radius 3 is 2.54 bits per heavy atom. The minimum Gasteiger partial charge on any atom is -0.396 e. The number of carbonyl (C=O) groups excluding carboxylic acids is 1. The van der Waals surface area contributed by atoms with E-state index in [9.17, 15) is 4.79 Å². The molecule has 4 nitrogen and oxygen atoms in total. The van der Waals surface area contributed by atoms with Crippen LogP contribution in [-0.4, -0.2) is 29.2 Å². The molecule has 0 aliphatic carbocycles. The van der Waals surface area contributed by atoms with Crippen LogP contribution in [0.2, 0.25) is 0 Å². The van der Waals surface area contributed by atoms with Crippen molar-refractivity contribution in [3.8, 4) is 0 Å². The lowest BCUT2D eigenvalue weighted by Crippen LogP contribution is -2.50. The van der Waals surface area contributed by atoms with E-state index >= 15 is 0 Å². The van der Waals surface area contributed by atoms with Crippen LogP contribution >= 0.6 is 0 Å². The molecule has 1 atom stereocenters. The predicted molar refractivity (Wildman–Crippen MR) is 52.2 cm³/mol. The number of aliphatic hydroxyl groups excluding tert-OH is 1. The molecular formula is C9H20N2O2. The molecule has 0 saturated carbocycles. The van der Waals surface area contributed by atoms with Gasteiger partial charge in [0, 0.05) is 12.1 Å². The standard InChI is InChI=1S/C9H20N2O2/c1-4-7(10)8(13)11-9(2,3)5-6-12/h7,12H,4-6,10H2,1-3H3,(H,11,13). The Kier molecular flexibility index (Phi) is 4.95. The maximum Gasteiger partial charge on any atom is 0.237 e. The molecule has 0 bridgehead atoms. The molecule has 0 spiro atoms. The Hall–Kier alpha value is -0.610. The smallest absolute Gasteiger partial charge is 0.237 e. The monoisotopic (exact) mass is 188 g/mol. The van der Waals surface area contributed by atoms with Crippen molar-refractivity contribution in [1.82, 2.24) is 5.32 Å². The SMILES string of the molecule is CCC(N)C(=O)NC(C)(C)CCO. The zero-order chi connectivity index (χ0) is 10.5. The van der Waals surface area contributed by atoms with E-state index in [1.807, 2.05) is 20.8 Å². The second kappa shape index (κ2) is 5.19. The first-order chi connectivity index (χ1) is 5.93. The zero-order valence-electron chi connectivity index (χ0n) is 8.63. The molecule has 0 rings (SSSR count). The Morgan fingerprint density at radius 2 is 2.15 bits per heavy atom. The van der Waals surface area contributed by atoms with E-state index in [4.69, 9.17) is 10.8 Å². The quantitative estimate of drug-likeness (QED) is 0.568. The molecule has 0 aromatic carbocycles. The molecule has 0 radical (unpaired) electrons. The summed E-state index contributed by atoms with van der Waals surface area (Å²) in [5.41, 5.74) is 5.17. The molecule has 4 heteroatoms. The number of hydrogen-bond donors (Lipinski definition) is 3. The summed E-state index contributed by atoms with van der Waals surface area (Å²) in [6.45, 7) is 5.66. The first-order valence-corrected chi connectivity index (χ1v) is 4.61. The van der Waals surface area contributed by atoms with E-state index in [2.05, 4.69) is 5.32 Å². The van der Waals surface area contributed by atoms with Crippen molar-refractivity contribution in [3.63, 3.8) is 0 Å². The third-order valence-corrected chi connectivity index (χ3v) is 1.97. The molecule has 78 valence electrons. The molecule has 13 heavy (non-hydrogen) atoms. The third kappa shape index (κ3) is 4.85. The van der Waals surface area contributed by atoms with Crippen LogP contribution in [0.5, 0.6) is 0 Å². The van der Waals surface area contributed by atoms with Crippen LogP contribution in [0, 0.1) is 0 Å². The van der Waals surface area contributed by atoms with Gasteiger partial charge in [0.2, 0.25) is 5.91 Å². The molecule has 0 saturated heterocycles. The molecule has 4 N–H and O–H groups in total. The fraction of sp³-hybridized carbons (Fsp3) is 0.889. The summed E-state index contributed by atoms with van der Waals surface area (Å²) in [5.74, 6) is -0.152. The molecule has 0 heterocycles. The van der Waals surface area contributed by atoms with Crippen molar-refractivity contribution < 1.29 is 9.90 Å². The first-order valence-electron chi connectivity index (χ1n) is 4.61.